The Morgan fingerprint density at radius 3 is 2.66 bits per heavy atom. The molecule has 0 aliphatic rings. The first kappa shape index (κ1) is 19.9. The molecular formula is C20H18N3O6-. The van der Waals surface area contributed by atoms with Gasteiger partial charge in [0, 0.05) is 18.7 Å². The van der Waals surface area contributed by atoms with Gasteiger partial charge in [0.05, 0.1) is 21.7 Å². The number of aryl methyl sites for hydroxylation is 1. The number of carbonyl (C=O) groups excluding carboxylic acids is 1. The van der Waals surface area contributed by atoms with E-state index >= 15 is 0 Å². The summed E-state index contributed by atoms with van der Waals surface area (Å²) in [7, 11) is 0. The van der Waals surface area contributed by atoms with Crippen LogP contribution in [0.3, 0.4) is 0 Å². The van der Waals surface area contributed by atoms with Crippen molar-refractivity contribution in [1.82, 2.24) is 4.57 Å². The quantitative estimate of drug-likeness (QED) is 0.373. The first-order valence-electron chi connectivity index (χ1n) is 8.96. The molecule has 0 spiro atoms. The molecule has 0 aliphatic carbocycles. The number of unbranched alkanes of at least 4 members (excludes halogenated alkanes) is 1. The Morgan fingerprint density at radius 1 is 1.24 bits per heavy atom. The van der Waals surface area contributed by atoms with Gasteiger partial charge in [-0.05, 0) is 23.9 Å². The Labute approximate surface area is 165 Å². The van der Waals surface area contributed by atoms with Gasteiger partial charge in [0.1, 0.15) is 5.75 Å². The molecule has 0 radical (unpaired) electrons. The number of hydrogen-bond donors (Lipinski definition) is 2. The number of benzene rings is 2. The minimum absolute atomic E-state index is 0.219. The van der Waals surface area contributed by atoms with E-state index in [-0.39, 0.29) is 16.8 Å². The zero-order valence-electron chi connectivity index (χ0n) is 15.5. The van der Waals surface area contributed by atoms with Crippen molar-refractivity contribution in [1.29, 1.82) is 0 Å². The van der Waals surface area contributed by atoms with Crippen LogP contribution in [0, 0.1) is 10.1 Å². The average molecular weight is 396 g/mol. The van der Waals surface area contributed by atoms with Crippen LogP contribution in [0.2, 0.25) is 0 Å². The van der Waals surface area contributed by atoms with Crippen molar-refractivity contribution < 1.29 is 19.9 Å². The molecule has 0 fully saturated rings. The van der Waals surface area contributed by atoms with Crippen molar-refractivity contribution in [2.75, 3.05) is 5.32 Å². The average Bonchev–Trinajstić information content (AvgIpc) is 2.69. The predicted octanol–water partition coefficient (Wildman–Crippen LogP) is 2.74. The van der Waals surface area contributed by atoms with Crippen LogP contribution < -0.4 is 16.0 Å². The molecule has 0 unspecified atom stereocenters. The number of nitrogens with zero attached hydrogens (tertiary/aromatic N) is 2. The monoisotopic (exact) mass is 396 g/mol. The van der Waals surface area contributed by atoms with Crippen LogP contribution in [0.4, 0.5) is 11.4 Å². The molecule has 0 saturated carbocycles. The van der Waals surface area contributed by atoms with Gasteiger partial charge >= 0.3 is 0 Å². The smallest absolute Gasteiger partial charge is 0.271 e. The molecule has 150 valence electrons. The second kappa shape index (κ2) is 8.01. The number of carbonyl (C=O) groups is 1. The molecule has 0 saturated heterocycles. The highest BCUT2D eigenvalue weighted by Gasteiger charge is 2.20. The molecule has 2 aromatic carbocycles. The van der Waals surface area contributed by atoms with Gasteiger partial charge in [-0.3, -0.25) is 19.7 Å². The Morgan fingerprint density at radius 2 is 1.97 bits per heavy atom. The third kappa shape index (κ3) is 3.75. The number of phenolic OH excluding ortho intramolecular Hbond substituents is 1. The fraction of sp³-hybridized carbons (Fsp3) is 0.200. The van der Waals surface area contributed by atoms with Crippen LogP contribution in [-0.2, 0) is 6.54 Å². The van der Waals surface area contributed by atoms with Gasteiger partial charge in [-0.25, -0.2) is 0 Å². The highest BCUT2D eigenvalue weighted by molar-refractivity contribution is 6.09. The molecule has 0 aliphatic heterocycles. The highest BCUT2D eigenvalue weighted by Crippen LogP contribution is 2.29. The van der Waals surface area contributed by atoms with Crippen LogP contribution in [0.5, 0.6) is 11.5 Å². The van der Waals surface area contributed by atoms with Gasteiger partial charge in [-0.15, -0.1) is 0 Å². The lowest BCUT2D eigenvalue weighted by Crippen LogP contribution is -2.31. The molecule has 1 amide bonds. The van der Waals surface area contributed by atoms with E-state index in [1.165, 1.54) is 10.6 Å². The molecule has 0 bridgehead atoms. The van der Waals surface area contributed by atoms with E-state index in [1.807, 2.05) is 6.92 Å². The second-order valence-corrected chi connectivity index (χ2v) is 6.44. The van der Waals surface area contributed by atoms with Crippen molar-refractivity contribution in [2.45, 2.75) is 26.3 Å². The van der Waals surface area contributed by atoms with Crippen molar-refractivity contribution in [2.24, 2.45) is 0 Å². The van der Waals surface area contributed by atoms with E-state index < -0.39 is 33.5 Å². The summed E-state index contributed by atoms with van der Waals surface area (Å²) >= 11 is 0. The van der Waals surface area contributed by atoms with Crippen molar-refractivity contribution in [3.63, 3.8) is 0 Å². The Balaban J connectivity index is 2.12. The number of nitro benzene ring substituents is 1. The van der Waals surface area contributed by atoms with Crippen LogP contribution in [0.1, 0.15) is 30.1 Å². The van der Waals surface area contributed by atoms with E-state index in [0.29, 0.717) is 18.5 Å². The van der Waals surface area contributed by atoms with Gasteiger partial charge in [-0.2, -0.15) is 0 Å². The molecule has 3 aromatic rings. The maximum atomic E-state index is 12.9. The molecular weight excluding hydrogens is 378 g/mol. The lowest BCUT2D eigenvalue weighted by molar-refractivity contribution is -0.384. The van der Waals surface area contributed by atoms with E-state index in [0.717, 1.165) is 24.6 Å². The van der Waals surface area contributed by atoms with Gasteiger partial charge in [-0.1, -0.05) is 37.3 Å². The standard InChI is InChI=1S/C20H19N3O6/c1-2-3-10-22-15-7-5-4-6-13(15)18(25)17(20(22)27)19(26)21-14-11-12(23(28)29)8-9-16(14)24/h4-9,11,24-25H,2-3,10H2,1H3,(H,21,26)/p-1. The summed E-state index contributed by atoms with van der Waals surface area (Å²) in [5.41, 5.74) is -1.54. The largest absolute Gasteiger partial charge is 0.871 e. The Bertz CT molecular complexity index is 1170. The van der Waals surface area contributed by atoms with Crippen LogP contribution >= 0.6 is 0 Å². The van der Waals surface area contributed by atoms with Crippen molar-refractivity contribution >= 4 is 28.2 Å². The number of aromatic nitrogens is 1. The summed E-state index contributed by atoms with van der Waals surface area (Å²) in [6, 6.07) is 9.57. The number of nitrogens with one attached hydrogen (secondary N) is 1. The fourth-order valence-electron chi connectivity index (χ4n) is 3.04. The predicted molar refractivity (Wildman–Crippen MR) is 105 cm³/mol. The van der Waals surface area contributed by atoms with Gasteiger partial charge < -0.3 is 20.1 Å². The zero-order chi connectivity index (χ0) is 21.1. The Hall–Kier alpha value is -3.88. The van der Waals surface area contributed by atoms with Crippen LogP contribution in [0.15, 0.2) is 47.3 Å². The number of nitro groups is 1. The molecule has 1 aromatic heterocycles. The van der Waals surface area contributed by atoms with Gasteiger partial charge in [0.2, 0.25) is 0 Å². The number of fused-ring (bicyclic) bond motifs is 1. The minimum atomic E-state index is -1.04. The topological polar surface area (TPSA) is 138 Å². The summed E-state index contributed by atoms with van der Waals surface area (Å²) in [6.45, 7) is 2.28. The molecule has 29 heavy (non-hydrogen) atoms. The summed E-state index contributed by atoms with van der Waals surface area (Å²) in [5, 5.41) is 36.1. The number of para-hydroxylation sites is 1. The maximum absolute atomic E-state index is 12.9. The number of pyridine rings is 1. The Kier molecular flexibility index (Phi) is 5.49. The number of anilines is 1. The third-order valence-electron chi connectivity index (χ3n) is 4.53. The third-order valence-corrected chi connectivity index (χ3v) is 4.53. The summed E-state index contributed by atoms with van der Waals surface area (Å²) in [4.78, 5) is 35.9. The van der Waals surface area contributed by atoms with E-state index in [9.17, 15) is 29.9 Å². The normalized spacial score (nSPS) is 10.8. The molecule has 2 N–H and O–H groups in total. The SMILES string of the molecule is CCCCn1c(=O)c(C(=O)Nc2cc([N+](=O)[O-])ccc2O)c([O-])c2ccccc21. The van der Waals surface area contributed by atoms with Crippen molar-refractivity contribution in [3.05, 3.63) is 68.5 Å². The van der Waals surface area contributed by atoms with Gasteiger partial charge in [0.25, 0.3) is 17.2 Å². The number of rotatable bonds is 6. The van der Waals surface area contributed by atoms with E-state index in [1.54, 1.807) is 18.2 Å². The molecule has 9 heteroatoms. The number of non-ortho nitro benzene ring substituents is 1. The molecule has 1 heterocycles. The summed E-state index contributed by atoms with van der Waals surface area (Å²) in [6.07, 6.45) is 1.48. The molecule has 3 rings (SSSR count). The summed E-state index contributed by atoms with van der Waals surface area (Å²) < 4.78 is 1.38. The first-order valence-corrected chi connectivity index (χ1v) is 8.96. The minimum Gasteiger partial charge on any atom is -0.871 e. The number of aromatic hydroxyl groups is 1. The van der Waals surface area contributed by atoms with Gasteiger partial charge in [0.15, 0.2) is 0 Å². The summed E-state index contributed by atoms with van der Waals surface area (Å²) in [5.74, 6) is -2.20. The molecule has 9 nitrogen and oxygen atoms in total. The molecule has 0 atom stereocenters. The van der Waals surface area contributed by atoms with E-state index in [4.69, 9.17) is 0 Å². The maximum Gasteiger partial charge on any atom is 0.271 e. The number of hydrogen-bond acceptors (Lipinski definition) is 6. The number of phenols is 1. The number of amides is 1. The first-order chi connectivity index (χ1) is 13.8. The second-order valence-electron chi connectivity index (χ2n) is 6.44. The lowest BCUT2D eigenvalue weighted by atomic mass is 10.1. The van der Waals surface area contributed by atoms with Crippen LogP contribution in [-0.4, -0.2) is 20.5 Å². The van der Waals surface area contributed by atoms with Crippen molar-refractivity contribution in [3.8, 4) is 11.5 Å². The lowest BCUT2D eigenvalue weighted by Gasteiger charge is -2.20. The zero-order valence-corrected chi connectivity index (χ0v) is 15.5. The fourth-order valence-corrected chi connectivity index (χ4v) is 3.04. The van der Waals surface area contributed by atoms with E-state index in [2.05, 4.69) is 5.32 Å². The van der Waals surface area contributed by atoms with Crippen LogP contribution in [0.25, 0.3) is 10.9 Å². The highest BCUT2D eigenvalue weighted by atomic mass is 16.6.